The van der Waals surface area contributed by atoms with E-state index in [1.54, 1.807) is 19.2 Å². The SMILES string of the molecule is Cc1cc([N+](=O)[O-])ccc1N=Cc1cc(Br)c(N2CCOCC2)o1. The van der Waals surface area contributed by atoms with Crippen molar-refractivity contribution in [2.45, 2.75) is 6.92 Å². The fourth-order valence-corrected chi connectivity index (χ4v) is 3.01. The summed E-state index contributed by atoms with van der Waals surface area (Å²) < 4.78 is 12.1. The first-order chi connectivity index (χ1) is 11.5. The van der Waals surface area contributed by atoms with Crippen LogP contribution in [0.3, 0.4) is 0 Å². The average molecular weight is 394 g/mol. The van der Waals surface area contributed by atoms with Crippen LogP contribution >= 0.6 is 15.9 Å². The molecule has 1 aromatic heterocycles. The number of hydrogen-bond acceptors (Lipinski definition) is 6. The molecule has 3 rings (SSSR count). The van der Waals surface area contributed by atoms with E-state index in [1.165, 1.54) is 12.1 Å². The summed E-state index contributed by atoms with van der Waals surface area (Å²) in [6.07, 6.45) is 1.61. The Morgan fingerprint density at radius 2 is 2.08 bits per heavy atom. The van der Waals surface area contributed by atoms with E-state index in [0.29, 0.717) is 24.7 Å². The van der Waals surface area contributed by atoms with Gasteiger partial charge in [0.2, 0.25) is 5.88 Å². The number of hydrogen-bond donors (Lipinski definition) is 0. The molecule has 0 N–H and O–H groups in total. The molecule has 0 spiro atoms. The highest BCUT2D eigenvalue weighted by atomic mass is 79.9. The number of nitro groups is 1. The molecule has 0 bridgehead atoms. The Morgan fingerprint density at radius 1 is 1.33 bits per heavy atom. The van der Waals surface area contributed by atoms with E-state index in [0.717, 1.165) is 29.0 Å². The number of aliphatic imine (C=N–C) groups is 1. The van der Waals surface area contributed by atoms with Crippen LogP contribution in [0.25, 0.3) is 0 Å². The fraction of sp³-hybridized carbons (Fsp3) is 0.312. The second-order valence-electron chi connectivity index (χ2n) is 5.39. The van der Waals surface area contributed by atoms with Crippen LogP contribution in [0, 0.1) is 17.0 Å². The van der Waals surface area contributed by atoms with Gasteiger partial charge in [-0.25, -0.2) is 0 Å². The molecule has 1 fully saturated rings. The topological polar surface area (TPSA) is 81.1 Å². The summed E-state index contributed by atoms with van der Waals surface area (Å²) in [5, 5.41) is 10.8. The molecule has 1 aromatic carbocycles. The molecular formula is C16H16BrN3O4. The van der Waals surface area contributed by atoms with Gasteiger partial charge in [-0.3, -0.25) is 15.1 Å². The van der Waals surface area contributed by atoms with Gasteiger partial charge < -0.3 is 14.1 Å². The smallest absolute Gasteiger partial charge is 0.269 e. The third-order valence-electron chi connectivity index (χ3n) is 3.71. The van der Waals surface area contributed by atoms with E-state index in [2.05, 4.69) is 25.8 Å². The number of anilines is 1. The van der Waals surface area contributed by atoms with Crippen LogP contribution in [0.5, 0.6) is 0 Å². The number of nitrogens with zero attached hydrogens (tertiary/aromatic N) is 3. The summed E-state index contributed by atoms with van der Waals surface area (Å²) in [7, 11) is 0. The van der Waals surface area contributed by atoms with Crippen LogP contribution in [0.1, 0.15) is 11.3 Å². The van der Waals surface area contributed by atoms with Gasteiger partial charge in [-0.15, -0.1) is 0 Å². The lowest BCUT2D eigenvalue weighted by molar-refractivity contribution is -0.384. The van der Waals surface area contributed by atoms with Crippen molar-refractivity contribution in [2.75, 3.05) is 31.2 Å². The molecule has 8 heteroatoms. The van der Waals surface area contributed by atoms with Crippen LogP contribution in [-0.2, 0) is 4.74 Å². The highest BCUT2D eigenvalue weighted by Gasteiger charge is 2.18. The van der Waals surface area contributed by atoms with Crippen LogP contribution in [0.15, 0.2) is 38.1 Å². The molecule has 7 nitrogen and oxygen atoms in total. The maximum Gasteiger partial charge on any atom is 0.269 e. The number of aryl methyl sites for hydroxylation is 1. The number of benzene rings is 1. The summed E-state index contributed by atoms with van der Waals surface area (Å²) >= 11 is 3.51. The van der Waals surface area contributed by atoms with Crippen LogP contribution in [0.2, 0.25) is 0 Å². The minimum Gasteiger partial charge on any atom is -0.438 e. The number of morpholine rings is 1. The normalized spacial score (nSPS) is 15.2. The number of rotatable bonds is 4. The zero-order valence-electron chi connectivity index (χ0n) is 13.1. The third kappa shape index (κ3) is 3.65. The Kier molecular flexibility index (Phi) is 4.96. The van der Waals surface area contributed by atoms with Gasteiger partial charge in [0.05, 0.1) is 34.5 Å². The van der Waals surface area contributed by atoms with Crippen LogP contribution in [0.4, 0.5) is 17.3 Å². The van der Waals surface area contributed by atoms with E-state index in [4.69, 9.17) is 9.15 Å². The number of ether oxygens (including phenoxy) is 1. The predicted octanol–water partition coefficient (Wildman–Crippen LogP) is 3.85. The molecule has 0 unspecified atom stereocenters. The van der Waals surface area contributed by atoms with Gasteiger partial charge in [0.25, 0.3) is 5.69 Å². The van der Waals surface area contributed by atoms with Gasteiger partial charge in [-0.1, -0.05) is 0 Å². The Balaban J connectivity index is 1.78. The predicted molar refractivity (Wildman–Crippen MR) is 94.5 cm³/mol. The van der Waals surface area contributed by atoms with Crippen LogP contribution in [-0.4, -0.2) is 37.4 Å². The lowest BCUT2D eigenvalue weighted by Gasteiger charge is -2.26. The maximum absolute atomic E-state index is 10.8. The molecule has 126 valence electrons. The summed E-state index contributed by atoms with van der Waals surface area (Å²) in [6, 6.07) is 6.43. The molecule has 0 atom stereocenters. The second-order valence-corrected chi connectivity index (χ2v) is 6.24. The van der Waals surface area contributed by atoms with Crippen molar-refractivity contribution in [1.82, 2.24) is 0 Å². The second kappa shape index (κ2) is 7.14. The Labute approximate surface area is 147 Å². The molecule has 2 heterocycles. The first-order valence-electron chi connectivity index (χ1n) is 7.46. The summed E-state index contributed by atoms with van der Waals surface area (Å²) in [5.74, 6) is 1.38. The van der Waals surface area contributed by atoms with Crippen molar-refractivity contribution in [3.8, 4) is 0 Å². The third-order valence-corrected chi connectivity index (χ3v) is 4.28. The quantitative estimate of drug-likeness (QED) is 0.447. The zero-order valence-corrected chi connectivity index (χ0v) is 14.7. The van der Waals surface area contributed by atoms with Gasteiger partial charge in [0, 0.05) is 31.3 Å². The average Bonchev–Trinajstić information content (AvgIpc) is 2.95. The zero-order chi connectivity index (χ0) is 17.1. The van der Waals surface area contributed by atoms with Crippen molar-refractivity contribution in [1.29, 1.82) is 0 Å². The van der Waals surface area contributed by atoms with E-state index in [9.17, 15) is 10.1 Å². The molecule has 0 saturated carbocycles. The first-order valence-corrected chi connectivity index (χ1v) is 8.25. The summed E-state index contributed by atoms with van der Waals surface area (Å²) in [5.41, 5.74) is 1.46. The van der Waals surface area contributed by atoms with Gasteiger partial charge in [-0.2, -0.15) is 0 Å². The molecule has 0 radical (unpaired) electrons. The Morgan fingerprint density at radius 3 is 2.75 bits per heavy atom. The van der Waals surface area contributed by atoms with Gasteiger partial charge in [0.1, 0.15) is 5.76 Å². The molecule has 1 aliphatic rings. The highest BCUT2D eigenvalue weighted by molar-refractivity contribution is 9.10. The number of furan rings is 1. The monoisotopic (exact) mass is 393 g/mol. The molecule has 1 saturated heterocycles. The molecule has 1 aliphatic heterocycles. The number of halogens is 1. The summed E-state index contributed by atoms with van der Waals surface area (Å²) in [4.78, 5) is 16.8. The number of non-ortho nitro benzene ring substituents is 1. The largest absolute Gasteiger partial charge is 0.438 e. The van der Waals surface area contributed by atoms with E-state index < -0.39 is 4.92 Å². The first kappa shape index (κ1) is 16.7. The van der Waals surface area contributed by atoms with Crippen LogP contribution < -0.4 is 4.90 Å². The summed E-state index contributed by atoms with van der Waals surface area (Å²) in [6.45, 7) is 4.71. The Bertz CT molecular complexity index is 782. The fourth-order valence-electron chi connectivity index (χ4n) is 2.45. The molecule has 2 aromatic rings. The minimum atomic E-state index is -0.418. The molecule has 0 amide bonds. The molecule has 24 heavy (non-hydrogen) atoms. The van der Waals surface area contributed by atoms with Crippen molar-refractivity contribution in [3.63, 3.8) is 0 Å². The van der Waals surface area contributed by atoms with Crippen molar-refractivity contribution in [3.05, 3.63) is 50.2 Å². The molecular weight excluding hydrogens is 378 g/mol. The van der Waals surface area contributed by atoms with Gasteiger partial charge in [0.15, 0.2) is 0 Å². The van der Waals surface area contributed by atoms with Crippen molar-refractivity contribution < 1.29 is 14.1 Å². The van der Waals surface area contributed by atoms with E-state index in [1.807, 2.05) is 6.07 Å². The highest BCUT2D eigenvalue weighted by Crippen LogP contribution is 2.31. The van der Waals surface area contributed by atoms with Gasteiger partial charge >= 0.3 is 0 Å². The maximum atomic E-state index is 10.8. The minimum absolute atomic E-state index is 0.0572. The van der Waals surface area contributed by atoms with Crippen molar-refractivity contribution >= 4 is 39.4 Å². The lowest BCUT2D eigenvalue weighted by atomic mass is 10.2. The molecule has 0 aliphatic carbocycles. The van der Waals surface area contributed by atoms with E-state index >= 15 is 0 Å². The van der Waals surface area contributed by atoms with Crippen molar-refractivity contribution in [2.24, 2.45) is 4.99 Å². The number of nitro benzene ring substituents is 1. The van der Waals surface area contributed by atoms with Gasteiger partial charge in [-0.05, 0) is 34.5 Å². The Hall–Kier alpha value is -2.19. The lowest BCUT2D eigenvalue weighted by Crippen LogP contribution is -2.36. The van der Waals surface area contributed by atoms with E-state index in [-0.39, 0.29) is 5.69 Å². The standard InChI is InChI=1S/C16H16BrN3O4/c1-11-8-12(20(21)22)2-3-15(11)18-10-13-9-14(17)16(24-13)19-4-6-23-7-5-19/h2-3,8-10H,4-7H2,1H3.